The zero-order valence-corrected chi connectivity index (χ0v) is 25.5. The van der Waals surface area contributed by atoms with Gasteiger partial charge in [0.15, 0.2) is 16.3 Å². The number of hydrogen-bond acceptors (Lipinski definition) is 8. The predicted octanol–water partition coefficient (Wildman–Crippen LogP) is 5.17. The van der Waals surface area contributed by atoms with E-state index >= 15 is 0 Å². The van der Waals surface area contributed by atoms with Crippen molar-refractivity contribution in [3.8, 4) is 17.2 Å². The number of carbonyl (C=O) groups is 1. The van der Waals surface area contributed by atoms with Crippen LogP contribution in [-0.4, -0.2) is 31.4 Å². The van der Waals surface area contributed by atoms with Crippen LogP contribution in [0.25, 0.3) is 6.08 Å². The van der Waals surface area contributed by atoms with E-state index in [1.807, 2.05) is 85.8 Å². The molecule has 0 spiro atoms. The number of thiazole rings is 1. The molecular formula is C34H34N2O6S. The fraction of sp³-hybridized carbons (Fsp3) is 0.265. The molecule has 0 saturated heterocycles. The van der Waals surface area contributed by atoms with Crippen LogP contribution < -0.4 is 29.1 Å². The van der Waals surface area contributed by atoms with Gasteiger partial charge in [-0.15, -0.1) is 0 Å². The minimum absolute atomic E-state index is 0.212. The van der Waals surface area contributed by atoms with Gasteiger partial charge in [-0.2, -0.15) is 0 Å². The summed E-state index contributed by atoms with van der Waals surface area (Å²) in [6, 6.07) is 22.1. The van der Waals surface area contributed by atoms with E-state index < -0.39 is 12.0 Å². The van der Waals surface area contributed by atoms with Gasteiger partial charge in [0, 0.05) is 0 Å². The molecule has 8 nitrogen and oxygen atoms in total. The molecule has 0 radical (unpaired) electrons. The van der Waals surface area contributed by atoms with Crippen LogP contribution >= 0.6 is 11.3 Å². The van der Waals surface area contributed by atoms with E-state index in [4.69, 9.17) is 23.9 Å². The van der Waals surface area contributed by atoms with E-state index in [0.717, 1.165) is 23.1 Å². The summed E-state index contributed by atoms with van der Waals surface area (Å²) in [7, 11) is 3.17. The number of fused-ring (bicyclic) bond motifs is 1. The van der Waals surface area contributed by atoms with Crippen molar-refractivity contribution < 1.29 is 23.7 Å². The third kappa shape index (κ3) is 6.41. The second-order valence-electron chi connectivity index (χ2n) is 9.87. The number of hydrogen-bond donors (Lipinski definition) is 0. The first-order valence-electron chi connectivity index (χ1n) is 14.2. The Morgan fingerprint density at radius 1 is 0.977 bits per heavy atom. The van der Waals surface area contributed by atoms with Crippen molar-refractivity contribution in [3.05, 3.63) is 120 Å². The standard InChI is InChI=1S/C34H34N2O6S/c1-5-11-26-30(33(38)41-6-2)31(24-14-10-15-25(20-24)39-3)36-32(37)29(43-34(36)35-26)19-23-16-17-27(28(18-23)40-4)42-21-22-12-8-7-9-13-22/h7-10,12-20,31H,5-6,11,21H2,1-4H3/b29-19-. The molecular weight excluding hydrogens is 564 g/mol. The van der Waals surface area contributed by atoms with Crippen molar-refractivity contribution in [2.75, 3.05) is 20.8 Å². The first-order valence-corrected chi connectivity index (χ1v) is 15.0. The monoisotopic (exact) mass is 598 g/mol. The molecule has 1 unspecified atom stereocenters. The van der Waals surface area contributed by atoms with Gasteiger partial charge in [0.2, 0.25) is 0 Å². The average molecular weight is 599 g/mol. The van der Waals surface area contributed by atoms with E-state index in [0.29, 0.717) is 50.9 Å². The Morgan fingerprint density at radius 3 is 2.51 bits per heavy atom. The van der Waals surface area contributed by atoms with Gasteiger partial charge in [-0.25, -0.2) is 9.79 Å². The number of rotatable bonds is 11. The summed E-state index contributed by atoms with van der Waals surface area (Å²) in [5.74, 6) is 1.30. The van der Waals surface area contributed by atoms with E-state index in [-0.39, 0.29) is 12.2 Å². The Kier molecular flexibility index (Phi) is 9.41. The van der Waals surface area contributed by atoms with E-state index in [2.05, 4.69) is 0 Å². The highest BCUT2D eigenvalue weighted by molar-refractivity contribution is 7.07. The molecule has 3 aromatic carbocycles. The maximum Gasteiger partial charge on any atom is 0.338 e. The van der Waals surface area contributed by atoms with Crippen LogP contribution in [0, 0.1) is 0 Å². The summed E-state index contributed by atoms with van der Waals surface area (Å²) >= 11 is 1.29. The average Bonchev–Trinajstić information content (AvgIpc) is 3.34. The van der Waals surface area contributed by atoms with Gasteiger partial charge in [-0.05, 0) is 60.4 Å². The summed E-state index contributed by atoms with van der Waals surface area (Å²) in [6.07, 6.45) is 3.16. The number of benzene rings is 3. The third-order valence-corrected chi connectivity index (χ3v) is 8.01. The molecule has 0 fully saturated rings. The van der Waals surface area contributed by atoms with Gasteiger partial charge in [0.25, 0.3) is 5.56 Å². The molecule has 5 rings (SSSR count). The van der Waals surface area contributed by atoms with Crippen LogP contribution in [0.1, 0.15) is 49.4 Å². The van der Waals surface area contributed by atoms with Gasteiger partial charge in [0.05, 0.1) is 42.7 Å². The number of allylic oxidation sites excluding steroid dienone is 1. The minimum Gasteiger partial charge on any atom is -0.497 e. The smallest absolute Gasteiger partial charge is 0.338 e. The second-order valence-corrected chi connectivity index (χ2v) is 10.9. The van der Waals surface area contributed by atoms with Crippen LogP contribution in [0.4, 0.5) is 0 Å². The van der Waals surface area contributed by atoms with E-state index in [1.165, 1.54) is 11.3 Å². The van der Waals surface area contributed by atoms with Crippen LogP contribution in [0.15, 0.2) is 93.9 Å². The quantitative estimate of drug-likeness (QED) is 0.221. The fourth-order valence-electron chi connectivity index (χ4n) is 5.03. The molecule has 0 amide bonds. The van der Waals surface area contributed by atoms with Crippen molar-refractivity contribution >= 4 is 23.4 Å². The SMILES string of the molecule is CCCC1=C(C(=O)OCC)C(c2cccc(OC)c2)n2c(s/c(=C\c3ccc(OCc4ccccc4)c(OC)c3)c2=O)=N1. The van der Waals surface area contributed by atoms with E-state index in [1.54, 1.807) is 25.7 Å². The van der Waals surface area contributed by atoms with Gasteiger partial charge >= 0.3 is 5.97 Å². The van der Waals surface area contributed by atoms with Gasteiger partial charge in [-0.1, -0.05) is 73.2 Å². The second kappa shape index (κ2) is 13.6. The maximum absolute atomic E-state index is 14.0. The highest BCUT2D eigenvalue weighted by Crippen LogP contribution is 2.34. The molecule has 4 aromatic rings. The number of nitrogens with zero attached hydrogens (tertiary/aromatic N) is 2. The van der Waals surface area contributed by atoms with Crippen molar-refractivity contribution in [1.29, 1.82) is 0 Å². The molecule has 0 bridgehead atoms. The van der Waals surface area contributed by atoms with Gasteiger partial charge in [-0.3, -0.25) is 9.36 Å². The number of carbonyl (C=O) groups excluding carboxylic acids is 1. The summed E-state index contributed by atoms with van der Waals surface area (Å²) in [5.41, 5.74) is 3.30. The van der Waals surface area contributed by atoms with Crippen LogP contribution in [0.5, 0.6) is 17.2 Å². The van der Waals surface area contributed by atoms with E-state index in [9.17, 15) is 9.59 Å². The third-order valence-electron chi connectivity index (χ3n) is 7.02. The molecule has 43 heavy (non-hydrogen) atoms. The Balaban J connectivity index is 1.60. The Bertz CT molecular complexity index is 1820. The lowest BCUT2D eigenvalue weighted by atomic mass is 9.94. The maximum atomic E-state index is 14.0. The minimum atomic E-state index is -0.711. The van der Waals surface area contributed by atoms with Crippen LogP contribution in [0.2, 0.25) is 0 Å². The summed E-state index contributed by atoms with van der Waals surface area (Å²) in [4.78, 5) is 32.8. The Labute approximate surface area is 254 Å². The van der Waals surface area contributed by atoms with Crippen molar-refractivity contribution in [2.24, 2.45) is 4.99 Å². The van der Waals surface area contributed by atoms with Crippen molar-refractivity contribution in [1.82, 2.24) is 4.57 Å². The van der Waals surface area contributed by atoms with Crippen LogP contribution in [-0.2, 0) is 16.1 Å². The van der Waals surface area contributed by atoms with Crippen molar-refractivity contribution in [3.63, 3.8) is 0 Å². The molecule has 2 heterocycles. The molecule has 1 aromatic heterocycles. The number of esters is 1. The molecule has 1 aliphatic heterocycles. The first-order chi connectivity index (χ1) is 21.0. The molecule has 1 aliphatic rings. The summed E-state index contributed by atoms with van der Waals surface area (Å²) in [5, 5.41) is 0. The normalized spacial score (nSPS) is 14.6. The summed E-state index contributed by atoms with van der Waals surface area (Å²) in [6.45, 7) is 4.41. The number of aromatic nitrogens is 1. The van der Waals surface area contributed by atoms with Crippen molar-refractivity contribution in [2.45, 2.75) is 39.3 Å². The molecule has 0 saturated carbocycles. The fourth-order valence-corrected chi connectivity index (χ4v) is 6.05. The molecule has 222 valence electrons. The lowest BCUT2D eigenvalue weighted by molar-refractivity contribution is -0.139. The molecule has 0 N–H and O–H groups in total. The highest BCUT2D eigenvalue weighted by atomic mass is 32.1. The van der Waals surface area contributed by atoms with Gasteiger partial charge in [0.1, 0.15) is 12.4 Å². The lowest BCUT2D eigenvalue weighted by Crippen LogP contribution is -2.40. The Morgan fingerprint density at radius 2 is 1.79 bits per heavy atom. The molecule has 1 atom stereocenters. The predicted molar refractivity (Wildman–Crippen MR) is 166 cm³/mol. The topological polar surface area (TPSA) is 88.4 Å². The summed E-state index contributed by atoms with van der Waals surface area (Å²) < 4.78 is 24.6. The lowest BCUT2D eigenvalue weighted by Gasteiger charge is -2.26. The largest absolute Gasteiger partial charge is 0.497 e. The highest BCUT2D eigenvalue weighted by Gasteiger charge is 2.34. The molecule has 9 heteroatoms. The number of methoxy groups -OCH3 is 2. The van der Waals surface area contributed by atoms with Gasteiger partial charge < -0.3 is 18.9 Å². The Hall–Kier alpha value is -4.63. The zero-order chi connectivity index (χ0) is 30.3. The zero-order valence-electron chi connectivity index (χ0n) is 24.7. The number of ether oxygens (including phenoxy) is 4. The first kappa shape index (κ1) is 29.8. The van der Waals surface area contributed by atoms with Crippen LogP contribution in [0.3, 0.4) is 0 Å². The molecule has 0 aliphatic carbocycles.